The van der Waals surface area contributed by atoms with Gasteiger partial charge in [-0.25, -0.2) is 12.8 Å². The van der Waals surface area contributed by atoms with Crippen molar-refractivity contribution in [1.29, 1.82) is 0 Å². The van der Waals surface area contributed by atoms with Gasteiger partial charge in [-0.05, 0) is 49.2 Å². The minimum absolute atomic E-state index is 0.0241. The SMILES string of the molecule is CS(=O)(=O)c1ccccc1N1CCC(C(=O)c2ccc(F)cc2)CC1. The molecule has 0 spiro atoms. The number of rotatable bonds is 4. The highest BCUT2D eigenvalue weighted by Gasteiger charge is 2.27. The fraction of sp³-hybridized carbons (Fsp3) is 0.316. The number of piperidine rings is 1. The number of halogens is 1. The number of carbonyl (C=O) groups excluding carboxylic acids is 1. The Morgan fingerprint density at radius 1 is 1.04 bits per heavy atom. The van der Waals surface area contributed by atoms with Crippen LogP contribution in [0.3, 0.4) is 0 Å². The summed E-state index contributed by atoms with van der Waals surface area (Å²) >= 11 is 0. The molecular weight excluding hydrogens is 341 g/mol. The molecule has 3 rings (SSSR count). The summed E-state index contributed by atoms with van der Waals surface area (Å²) in [5.41, 5.74) is 1.22. The van der Waals surface area contributed by atoms with Crippen molar-refractivity contribution in [2.45, 2.75) is 17.7 Å². The Morgan fingerprint density at radius 2 is 1.64 bits per heavy atom. The van der Waals surface area contributed by atoms with Gasteiger partial charge < -0.3 is 4.90 Å². The predicted molar refractivity (Wildman–Crippen MR) is 95.2 cm³/mol. The number of Topliss-reactive ketones (excluding diaryl/α,β-unsaturated/α-hetero) is 1. The van der Waals surface area contributed by atoms with Crippen LogP contribution in [0.4, 0.5) is 10.1 Å². The largest absolute Gasteiger partial charge is 0.370 e. The molecule has 4 nitrogen and oxygen atoms in total. The monoisotopic (exact) mass is 361 g/mol. The van der Waals surface area contributed by atoms with E-state index in [0.717, 1.165) is 0 Å². The fourth-order valence-electron chi connectivity index (χ4n) is 3.26. The molecule has 0 N–H and O–H groups in total. The van der Waals surface area contributed by atoms with Crippen molar-refractivity contribution in [3.8, 4) is 0 Å². The normalized spacial score (nSPS) is 16.0. The van der Waals surface area contributed by atoms with E-state index in [-0.39, 0.29) is 17.5 Å². The van der Waals surface area contributed by atoms with Crippen LogP contribution < -0.4 is 4.90 Å². The molecule has 0 bridgehead atoms. The number of carbonyl (C=O) groups is 1. The Kier molecular flexibility index (Phi) is 4.90. The van der Waals surface area contributed by atoms with Gasteiger partial charge in [0.25, 0.3) is 0 Å². The summed E-state index contributed by atoms with van der Waals surface area (Å²) in [7, 11) is -3.30. The highest BCUT2D eigenvalue weighted by atomic mass is 32.2. The summed E-state index contributed by atoms with van der Waals surface area (Å²) in [5.74, 6) is -0.452. The van der Waals surface area contributed by atoms with Crippen molar-refractivity contribution in [2.75, 3.05) is 24.2 Å². The van der Waals surface area contributed by atoms with Crippen LogP contribution in [0.1, 0.15) is 23.2 Å². The second-order valence-corrected chi connectivity index (χ2v) is 8.36. The Bertz CT molecular complexity index is 870. The van der Waals surface area contributed by atoms with Gasteiger partial charge in [-0.1, -0.05) is 12.1 Å². The highest BCUT2D eigenvalue weighted by Crippen LogP contribution is 2.30. The van der Waals surface area contributed by atoms with Crippen LogP contribution in [-0.2, 0) is 9.84 Å². The zero-order chi connectivity index (χ0) is 18.0. The minimum atomic E-state index is -3.30. The van der Waals surface area contributed by atoms with Crippen LogP contribution in [0.15, 0.2) is 53.4 Å². The number of benzene rings is 2. The maximum atomic E-state index is 13.0. The van der Waals surface area contributed by atoms with Crippen molar-refractivity contribution in [2.24, 2.45) is 5.92 Å². The van der Waals surface area contributed by atoms with Gasteiger partial charge in [-0.2, -0.15) is 0 Å². The second-order valence-electron chi connectivity index (χ2n) is 6.37. The number of ketones is 1. The third-order valence-corrected chi connectivity index (χ3v) is 5.74. The summed E-state index contributed by atoms with van der Waals surface area (Å²) < 4.78 is 36.9. The molecule has 1 aliphatic rings. The lowest BCUT2D eigenvalue weighted by atomic mass is 9.88. The van der Waals surface area contributed by atoms with Gasteiger partial charge in [-0.3, -0.25) is 4.79 Å². The zero-order valence-corrected chi connectivity index (χ0v) is 14.8. The first kappa shape index (κ1) is 17.6. The predicted octanol–water partition coefficient (Wildman–Crippen LogP) is 3.33. The summed E-state index contributed by atoms with van der Waals surface area (Å²) in [6.45, 7) is 1.23. The van der Waals surface area contributed by atoms with Crippen molar-refractivity contribution in [1.82, 2.24) is 0 Å². The smallest absolute Gasteiger partial charge is 0.177 e. The molecule has 1 saturated heterocycles. The van der Waals surface area contributed by atoms with Gasteiger partial charge in [0.1, 0.15) is 5.82 Å². The molecule has 2 aromatic carbocycles. The van der Waals surface area contributed by atoms with Crippen LogP contribution in [0.25, 0.3) is 0 Å². The molecule has 6 heteroatoms. The van der Waals surface area contributed by atoms with E-state index in [0.29, 0.717) is 42.1 Å². The first-order valence-corrected chi connectivity index (χ1v) is 10.1. The Balaban J connectivity index is 1.72. The van der Waals surface area contributed by atoms with Crippen molar-refractivity contribution in [3.05, 3.63) is 59.9 Å². The van der Waals surface area contributed by atoms with Crippen LogP contribution in [0, 0.1) is 11.7 Å². The molecule has 0 amide bonds. The van der Waals surface area contributed by atoms with Crippen molar-refractivity contribution in [3.63, 3.8) is 0 Å². The van der Waals surface area contributed by atoms with E-state index in [4.69, 9.17) is 0 Å². The molecule has 2 aromatic rings. The van der Waals surface area contributed by atoms with Gasteiger partial charge >= 0.3 is 0 Å². The molecular formula is C19H20FNO3S. The number of anilines is 1. The number of hydrogen-bond donors (Lipinski definition) is 0. The molecule has 0 unspecified atom stereocenters. The van der Waals surface area contributed by atoms with E-state index >= 15 is 0 Å². The summed E-state index contributed by atoms with van der Waals surface area (Å²) in [5, 5.41) is 0. The molecule has 0 atom stereocenters. The third kappa shape index (κ3) is 3.90. The molecule has 0 radical (unpaired) electrons. The fourth-order valence-corrected chi connectivity index (χ4v) is 4.17. The summed E-state index contributed by atoms with van der Waals surface area (Å²) in [6, 6.07) is 12.6. The number of sulfone groups is 1. The van der Waals surface area contributed by atoms with Gasteiger partial charge in [0.05, 0.1) is 10.6 Å². The Hall–Kier alpha value is -2.21. The molecule has 132 valence electrons. The molecule has 25 heavy (non-hydrogen) atoms. The number of nitrogens with zero attached hydrogens (tertiary/aromatic N) is 1. The Labute approximate surface area is 147 Å². The van der Waals surface area contributed by atoms with Crippen LogP contribution >= 0.6 is 0 Å². The van der Waals surface area contributed by atoms with E-state index in [1.165, 1.54) is 30.5 Å². The second kappa shape index (κ2) is 6.96. The maximum Gasteiger partial charge on any atom is 0.177 e. The van der Waals surface area contributed by atoms with Crippen LogP contribution in [0.5, 0.6) is 0 Å². The van der Waals surface area contributed by atoms with Crippen LogP contribution in [-0.4, -0.2) is 33.5 Å². The zero-order valence-electron chi connectivity index (χ0n) is 14.0. The first-order chi connectivity index (χ1) is 11.9. The molecule has 1 aliphatic heterocycles. The number of para-hydroxylation sites is 1. The third-order valence-electron chi connectivity index (χ3n) is 4.60. The van der Waals surface area contributed by atoms with Gasteiger partial charge in [0, 0.05) is 30.8 Å². The molecule has 1 fully saturated rings. The van der Waals surface area contributed by atoms with Gasteiger partial charge in [0.2, 0.25) is 0 Å². The molecule has 0 aromatic heterocycles. The summed E-state index contributed by atoms with van der Waals surface area (Å²) in [6.07, 6.45) is 2.50. The molecule has 0 saturated carbocycles. The average molecular weight is 361 g/mol. The lowest BCUT2D eigenvalue weighted by molar-refractivity contribution is 0.0900. The number of hydrogen-bond acceptors (Lipinski definition) is 4. The van der Waals surface area contributed by atoms with Crippen molar-refractivity contribution >= 4 is 21.3 Å². The van der Waals surface area contributed by atoms with Gasteiger partial charge in [-0.15, -0.1) is 0 Å². The van der Waals surface area contributed by atoms with Crippen LogP contribution in [0.2, 0.25) is 0 Å². The molecule has 1 heterocycles. The van der Waals surface area contributed by atoms with E-state index in [9.17, 15) is 17.6 Å². The van der Waals surface area contributed by atoms with Crippen molar-refractivity contribution < 1.29 is 17.6 Å². The topological polar surface area (TPSA) is 54.5 Å². The van der Waals surface area contributed by atoms with E-state index in [1.807, 2.05) is 11.0 Å². The lowest BCUT2D eigenvalue weighted by Crippen LogP contribution is -2.37. The van der Waals surface area contributed by atoms with E-state index in [1.54, 1.807) is 18.2 Å². The highest BCUT2D eigenvalue weighted by molar-refractivity contribution is 7.90. The average Bonchev–Trinajstić information content (AvgIpc) is 2.61. The lowest BCUT2D eigenvalue weighted by Gasteiger charge is -2.34. The maximum absolute atomic E-state index is 13.0. The minimum Gasteiger partial charge on any atom is -0.370 e. The standard InChI is InChI=1S/C19H20FNO3S/c1-25(23,24)18-5-3-2-4-17(18)21-12-10-15(11-13-21)19(22)14-6-8-16(20)9-7-14/h2-9,15H,10-13H2,1H3. The van der Waals surface area contributed by atoms with E-state index in [2.05, 4.69) is 0 Å². The molecule has 0 aliphatic carbocycles. The first-order valence-electron chi connectivity index (χ1n) is 8.20. The quantitative estimate of drug-likeness (QED) is 0.784. The Morgan fingerprint density at radius 3 is 2.24 bits per heavy atom. The summed E-state index contributed by atoms with van der Waals surface area (Å²) in [4.78, 5) is 14.9. The van der Waals surface area contributed by atoms with E-state index < -0.39 is 9.84 Å². The van der Waals surface area contributed by atoms with Gasteiger partial charge in [0.15, 0.2) is 15.6 Å².